The van der Waals surface area contributed by atoms with Crippen molar-refractivity contribution < 1.29 is 26.1 Å². The second-order valence-corrected chi connectivity index (χ2v) is 9.17. The zero-order valence-corrected chi connectivity index (χ0v) is 20.3. The molecule has 0 spiro atoms. The van der Waals surface area contributed by atoms with Crippen LogP contribution in [0.2, 0.25) is 0 Å². The van der Waals surface area contributed by atoms with Crippen molar-refractivity contribution in [3.8, 4) is 0 Å². The summed E-state index contributed by atoms with van der Waals surface area (Å²) < 4.78 is 66.6. The number of nitrogens with one attached hydrogen (secondary N) is 2. The van der Waals surface area contributed by atoms with Crippen LogP contribution in [0.15, 0.2) is 15.6 Å². The predicted octanol–water partition coefficient (Wildman–Crippen LogP) is 3.03. The third-order valence-corrected chi connectivity index (χ3v) is 6.30. The molecule has 174 valence electrons. The lowest BCUT2D eigenvalue weighted by Crippen LogP contribution is -2.47. The minimum Gasteiger partial charge on any atom is -0.359 e. The summed E-state index contributed by atoms with van der Waals surface area (Å²) in [4.78, 5) is 4.43. The molecule has 8 nitrogen and oxygen atoms in total. The second kappa shape index (κ2) is 11.5. The van der Waals surface area contributed by atoms with Crippen LogP contribution in [-0.2, 0) is 16.6 Å². The molecule has 0 amide bonds. The number of guanidine groups is 1. The molecule has 1 aromatic rings. The van der Waals surface area contributed by atoms with Crippen molar-refractivity contribution >= 4 is 40.0 Å². The lowest BCUT2D eigenvalue weighted by molar-refractivity contribution is -0.0496. The fourth-order valence-corrected chi connectivity index (χ4v) is 3.90. The third kappa shape index (κ3) is 7.25. The van der Waals surface area contributed by atoms with Crippen molar-refractivity contribution in [3.63, 3.8) is 0 Å². The molecular formula is C17H29F3IN5O3S. The van der Waals surface area contributed by atoms with Crippen molar-refractivity contribution in [2.45, 2.75) is 51.6 Å². The molecule has 1 fully saturated rings. The van der Waals surface area contributed by atoms with Gasteiger partial charge in [-0.2, -0.15) is 17.5 Å². The van der Waals surface area contributed by atoms with Crippen LogP contribution in [-0.4, -0.2) is 55.5 Å². The molecule has 13 heteroatoms. The smallest absolute Gasteiger partial charge is 0.359 e. The first-order valence-electron chi connectivity index (χ1n) is 9.58. The molecule has 2 rings (SSSR count). The van der Waals surface area contributed by atoms with Crippen molar-refractivity contribution in [2.75, 3.05) is 26.2 Å². The van der Waals surface area contributed by atoms with Crippen LogP contribution >= 0.6 is 24.0 Å². The molecule has 0 bridgehead atoms. The number of alkyl halides is 3. The summed E-state index contributed by atoms with van der Waals surface area (Å²) in [5.41, 5.74) is -4.40. The molecule has 0 aromatic carbocycles. The van der Waals surface area contributed by atoms with Crippen molar-refractivity contribution in [3.05, 3.63) is 17.5 Å². The molecule has 0 atom stereocenters. The van der Waals surface area contributed by atoms with E-state index in [2.05, 4.69) is 20.8 Å². The molecule has 2 N–H and O–H groups in total. The molecule has 0 saturated carbocycles. The van der Waals surface area contributed by atoms with Crippen LogP contribution in [0.1, 0.15) is 51.0 Å². The molecule has 0 aliphatic carbocycles. The number of hydrogen-bond acceptors (Lipinski definition) is 5. The van der Waals surface area contributed by atoms with Gasteiger partial charge < -0.3 is 15.2 Å². The fourth-order valence-electron chi connectivity index (χ4n) is 2.92. The third-order valence-electron chi connectivity index (χ3n) is 4.67. The Morgan fingerprint density at radius 3 is 2.47 bits per heavy atom. The molecule has 1 aromatic heterocycles. The monoisotopic (exact) mass is 567 g/mol. The van der Waals surface area contributed by atoms with Gasteiger partial charge in [0.2, 0.25) is 0 Å². The van der Waals surface area contributed by atoms with E-state index in [1.807, 2.05) is 26.8 Å². The van der Waals surface area contributed by atoms with Gasteiger partial charge in [0.25, 0.3) is 0 Å². The Hall–Kier alpha value is -1.09. The van der Waals surface area contributed by atoms with E-state index in [1.54, 1.807) is 0 Å². The van der Waals surface area contributed by atoms with Crippen LogP contribution in [0.4, 0.5) is 13.2 Å². The molecule has 1 saturated heterocycles. The number of aliphatic imine (C=N–C) groups is 1. The highest BCUT2D eigenvalue weighted by Gasteiger charge is 2.50. The normalized spacial score (nSPS) is 17.1. The predicted molar refractivity (Wildman–Crippen MR) is 118 cm³/mol. The largest absolute Gasteiger partial charge is 0.511 e. The van der Waals surface area contributed by atoms with Gasteiger partial charge in [-0.1, -0.05) is 19.0 Å². The van der Waals surface area contributed by atoms with Gasteiger partial charge in [-0.25, -0.2) is 13.4 Å². The summed E-state index contributed by atoms with van der Waals surface area (Å²) in [6.45, 7) is 7.10. The first kappa shape index (κ1) is 26.9. The minimum absolute atomic E-state index is 0. The van der Waals surface area contributed by atoms with E-state index in [4.69, 9.17) is 4.52 Å². The highest BCUT2D eigenvalue weighted by Crippen LogP contribution is 2.30. The fraction of sp³-hybridized carbons (Fsp3) is 0.765. The topological polar surface area (TPSA) is 99.8 Å². The first-order valence-corrected chi connectivity index (χ1v) is 11.0. The zero-order valence-electron chi connectivity index (χ0n) is 17.2. The summed E-state index contributed by atoms with van der Waals surface area (Å²) in [7, 11) is -5.25. The van der Waals surface area contributed by atoms with Crippen LogP contribution < -0.4 is 10.6 Å². The highest BCUT2D eigenvalue weighted by atomic mass is 127. The molecule has 0 unspecified atom stereocenters. The van der Waals surface area contributed by atoms with Crippen molar-refractivity contribution in [1.82, 2.24) is 20.1 Å². The lowest BCUT2D eigenvalue weighted by Gasteiger charge is -2.31. The Balaban J connectivity index is 0.00000450. The first-order chi connectivity index (χ1) is 13.5. The number of nitrogens with zero attached hydrogens (tertiary/aromatic N) is 3. The van der Waals surface area contributed by atoms with Crippen LogP contribution in [0.25, 0.3) is 0 Å². The van der Waals surface area contributed by atoms with Gasteiger partial charge in [0.1, 0.15) is 6.54 Å². The Kier molecular flexibility index (Phi) is 10.3. The summed E-state index contributed by atoms with van der Waals surface area (Å²) in [6, 6.07) is 1.86. The summed E-state index contributed by atoms with van der Waals surface area (Å²) >= 11 is 0. The minimum atomic E-state index is -5.25. The molecular weight excluding hydrogens is 538 g/mol. The van der Waals surface area contributed by atoms with Gasteiger partial charge in [-0.15, -0.1) is 24.0 Å². The molecule has 2 heterocycles. The van der Waals surface area contributed by atoms with Gasteiger partial charge >= 0.3 is 15.5 Å². The van der Waals surface area contributed by atoms with E-state index >= 15 is 0 Å². The number of aromatic nitrogens is 1. The van der Waals surface area contributed by atoms with E-state index in [-0.39, 0.29) is 48.9 Å². The number of halogens is 4. The maximum Gasteiger partial charge on any atom is 0.511 e. The number of hydrogen-bond donors (Lipinski definition) is 2. The van der Waals surface area contributed by atoms with Crippen molar-refractivity contribution in [2.24, 2.45) is 10.9 Å². The lowest BCUT2D eigenvalue weighted by atomic mass is 9.98. The van der Waals surface area contributed by atoms with E-state index in [0.717, 1.165) is 5.69 Å². The van der Waals surface area contributed by atoms with Gasteiger partial charge in [0.05, 0.1) is 5.69 Å². The van der Waals surface area contributed by atoms with Crippen LogP contribution in [0.5, 0.6) is 0 Å². The van der Waals surface area contributed by atoms with Gasteiger partial charge in [-0.3, -0.25) is 0 Å². The van der Waals surface area contributed by atoms with E-state index in [0.29, 0.717) is 48.5 Å². The second-order valence-electron chi connectivity index (χ2n) is 7.24. The molecule has 1 aliphatic rings. The number of sulfonamides is 1. The van der Waals surface area contributed by atoms with Gasteiger partial charge in [0, 0.05) is 32.2 Å². The SMILES string of the molecule is CCNC(=NCc1cc(C(C)C)no1)NCC1CCN(S(=O)(=O)C(F)(F)F)CC1.I. The number of piperidine rings is 1. The van der Waals surface area contributed by atoms with E-state index in [1.165, 1.54) is 0 Å². The van der Waals surface area contributed by atoms with Crippen LogP contribution in [0, 0.1) is 5.92 Å². The van der Waals surface area contributed by atoms with E-state index < -0.39 is 15.5 Å². The zero-order chi connectivity index (χ0) is 21.7. The maximum atomic E-state index is 12.6. The maximum absolute atomic E-state index is 12.6. The summed E-state index contributed by atoms with van der Waals surface area (Å²) in [6.07, 6.45) is 0.698. The average Bonchev–Trinajstić information content (AvgIpc) is 3.13. The molecule has 0 radical (unpaired) electrons. The standard InChI is InChI=1S/C17H28F3N5O3S.HI/c1-4-21-16(23-11-14-9-15(12(2)3)24-28-14)22-10-13-5-7-25(8-6-13)29(26,27)17(18,19)20;/h9,12-13H,4-8,10-11H2,1-3H3,(H2,21,22,23);1H. The molecule has 1 aliphatic heterocycles. The van der Waals surface area contributed by atoms with E-state index in [9.17, 15) is 21.6 Å². The van der Waals surface area contributed by atoms with Crippen molar-refractivity contribution in [1.29, 1.82) is 0 Å². The Bertz CT molecular complexity index is 791. The highest BCUT2D eigenvalue weighted by molar-refractivity contribution is 14.0. The average molecular weight is 567 g/mol. The Labute approximate surface area is 192 Å². The van der Waals surface area contributed by atoms with Gasteiger partial charge in [-0.05, 0) is 31.6 Å². The Morgan fingerprint density at radius 2 is 1.97 bits per heavy atom. The van der Waals surface area contributed by atoms with Gasteiger partial charge in [0.15, 0.2) is 11.7 Å². The quantitative estimate of drug-likeness (QED) is 0.299. The summed E-state index contributed by atoms with van der Waals surface area (Å²) in [5.74, 6) is 1.50. The summed E-state index contributed by atoms with van der Waals surface area (Å²) in [5, 5.41) is 10.2. The number of rotatable bonds is 7. The molecule has 30 heavy (non-hydrogen) atoms. The Morgan fingerprint density at radius 1 is 1.33 bits per heavy atom. The van der Waals surface area contributed by atoms with Crippen LogP contribution in [0.3, 0.4) is 0 Å².